The molecule has 18 heavy (non-hydrogen) atoms. The second-order valence-corrected chi connectivity index (χ2v) is 7.02. The van der Waals surface area contributed by atoms with Gasteiger partial charge in [-0.1, -0.05) is 0 Å². The molecule has 0 radical (unpaired) electrons. The Bertz CT molecular complexity index is 521. The molecule has 0 spiro atoms. The molecule has 0 unspecified atom stereocenters. The Hall–Kier alpha value is -0.920. The quantitative estimate of drug-likeness (QED) is 0.863. The zero-order valence-corrected chi connectivity index (χ0v) is 11.5. The summed E-state index contributed by atoms with van der Waals surface area (Å²) in [6.07, 6.45) is 4.58. The molecule has 7 heteroatoms. The summed E-state index contributed by atoms with van der Waals surface area (Å²) < 4.78 is 27.9. The molecule has 6 nitrogen and oxygen atoms in total. The minimum Gasteiger partial charge on any atom is -0.394 e. The van der Waals surface area contributed by atoms with Gasteiger partial charge >= 0.3 is 0 Å². The number of aliphatic hydroxyl groups excluding tert-OH is 1. The number of aliphatic hydroxyl groups is 1. The molecule has 0 amide bonds. The monoisotopic (exact) mass is 273 g/mol. The lowest BCUT2D eigenvalue weighted by atomic mass is 10.0. The van der Waals surface area contributed by atoms with Crippen LogP contribution in [0.15, 0.2) is 17.3 Å². The van der Waals surface area contributed by atoms with E-state index in [9.17, 15) is 8.42 Å². The van der Waals surface area contributed by atoms with Gasteiger partial charge in [0, 0.05) is 18.3 Å². The molecule has 1 N–H and O–H groups in total. The van der Waals surface area contributed by atoms with Crippen molar-refractivity contribution in [1.29, 1.82) is 0 Å². The molecule has 0 aliphatic carbocycles. The second kappa shape index (κ2) is 4.64. The number of sulfonamides is 1. The largest absolute Gasteiger partial charge is 0.394 e. The summed E-state index contributed by atoms with van der Waals surface area (Å²) in [6.45, 7) is 4.68. The fourth-order valence-corrected chi connectivity index (χ4v) is 4.16. The molecule has 0 atom stereocenters. The second-order valence-electron chi connectivity index (χ2n) is 5.16. The van der Waals surface area contributed by atoms with E-state index in [-0.39, 0.29) is 17.0 Å². The normalized spacial score (nSPS) is 20.4. The summed E-state index contributed by atoms with van der Waals surface area (Å²) in [4.78, 5) is 0.200. The number of hydrogen-bond donors (Lipinski definition) is 1. The van der Waals surface area contributed by atoms with Crippen molar-refractivity contribution in [1.82, 2.24) is 14.1 Å². The first kappa shape index (κ1) is 13.5. The summed E-state index contributed by atoms with van der Waals surface area (Å²) in [5.74, 6) is 0. The molecule has 102 valence electrons. The van der Waals surface area contributed by atoms with Gasteiger partial charge in [0.1, 0.15) is 4.90 Å². The molecule has 1 fully saturated rings. The van der Waals surface area contributed by atoms with Crippen LogP contribution in [-0.4, -0.2) is 46.3 Å². The van der Waals surface area contributed by atoms with Crippen LogP contribution in [0.2, 0.25) is 0 Å². The van der Waals surface area contributed by atoms with Gasteiger partial charge in [-0.25, -0.2) is 8.42 Å². The first-order valence-corrected chi connectivity index (χ1v) is 7.48. The maximum atomic E-state index is 12.5. The third-order valence-electron chi connectivity index (χ3n) is 3.35. The van der Waals surface area contributed by atoms with Crippen LogP contribution in [0, 0.1) is 0 Å². The van der Waals surface area contributed by atoms with E-state index >= 15 is 0 Å². The lowest BCUT2D eigenvalue weighted by Gasteiger charge is -2.29. The molecule has 1 aromatic heterocycles. The van der Waals surface area contributed by atoms with Gasteiger partial charge in [-0.2, -0.15) is 9.40 Å². The first-order valence-electron chi connectivity index (χ1n) is 6.04. The predicted octanol–water partition coefficient (Wildman–Crippen LogP) is 0.438. The molecule has 0 bridgehead atoms. The van der Waals surface area contributed by atoms with Crippen LogP contribution in [-0.2, 0) is 16.6 Å². The molecule has 2 rings (SSSR count). The highest BCUT2D eigenvalue weighted by Crippen LogP contribution is 2.33. The average molecular weight is 273 g/mol. The van der Waals surface area contributed by atoms with Gasteiger partial charge in [0.05, 0.1) is 19.3 Å². The first-order chi connectivity index (χ1) is 8.38. The van der Waals surface area contributed by atoms with E-state index < -0.39 is 10.0 Å². The van der Waals surface area contributed by atoms with Crippen LogP contribution in [0.1, 0.15) is 26.7 Å². The minimum atomic E-state index is -3.48. The fourth-order valence-electron chi connectivity index (χ4n) is 2.36. The maximum absolute atomic E-state index is 12.5. The predicted molar refractivity (Wildman–Crippen MR) is 66.5 cm³/mol. The van der Waals surface area contributed by atoms with Crippen molar-refractivity contribution in [2.24, 2.45) is 0 Å². The Morgan fingerprint density at radius 2 is 2.22 bits per heavy atom. The average Bonchev–Trinajstić information content (AvgIpc) is 2.85. The van der Waals surface area contributed by atoms with E-state index in [1.807, 2.05) is 13.8 Å². The topological polar surface area (TPSA) is 75.4 Å². The van der Waals surface area contributed by atoms with Crippen molar-refractivity contribution < 1.29 is 13.5 Å². The maximum Gasteiger partial charge on any atom is 0.246 e. The zero-order valence-electron chi connectivity index (χ0n) is 10.7. The standard InChI is InChI=1S/C11H19N3O3S/c1-11(2)4-3-5-14(11)18(16,17)10-8-12-13(9-10)6-7-15/h8-9,15H,3-7H2,1-2H3. The molecule has 0 aromatic carbocycles. The highest BCUT2D eigenvalue weighted by Gasteiger charge is 2.41. The van der Waals surface area contributed by atoms with Crippen molar-refractivity contribution in [2.75, 3.05) is 13.2 Å². The Morgan fingerprint density at radius 1 is 1.50 bits per heavy atom. The van der Waals surface area contributed by atoms with Crippen molar-refractivity contribution >= 4 is 10.0 Å². The van der Waals surface area contributed by atoms with Gasteiger partial charge in [0.25, 0.3) is 0 Å². The summed E-state index contributed by atoms with van der Waals surface area (Å²) >= 11 is 0. The molecule has 1 aliphatic rings. The highest BCUT2D eigenvalue weighted by atomic mass is 32.2. The van der Waals surface area contributed by atoms with Gasteiger partial charge in [-0.05, 0) is 26.7 Å². The van der Waals surface area contributed by atoms with E-state index in [1.165, 1.54) is 17.1 Å². The van der Waals surface area contributed by atoms with Crippen LogP contribution in [0.3, 0.4) is 0 Å². The van der Waals surface area contributed by atoms with Crippen LogP contribution in [0.4, 0.5) is 0 Å². The van der Waals surface area contributed by atoms with E-state index in [0.717, 1.165) is 12.8 Å². The van der Waals surface area contributed by atoms with Crippen LogP contribution < -0.4 is 0 Å². The third kappa shape index (κ3) is 2.30. The van der Waals surface area contributed by atoms with E-state index in [4.69, 9.17) is 5.11 Å². The minimum absolute atomic E-state index is 0.0592. The number of nitrogens with zero attached hydrogens (tertiary/aromatic N) is 3. The molecule has 1 aromatic rings. The van der Waals surface area contributed by atoms with Crippen molar-refractivity contribution in [3.8, 4) is 0 Å². The Kier molecular flexibility index (Phi) is 3.48. The van der Waals surface area contributed by atoms with Crippen molar-refractivity contribution in [2.45, 2.75) is 43.7 Å². The molecule has 1 saturated heterocycles. The van der Waals surface area contributed by atoms with Crippen LogP contribution in [0.5, 0.6) is 0 Å². The Balaban J connectivity index is 2.30. The molecular formula is C11H19N3O3S. The summed E-state index contributed by atoms with van der Waals surface area (Å²) in [5.41, 5.74) is -0.335. The van der Waals surface area contributed by atoms with Crippen molar-refractivity contribution in [3.63, 3.8) is 0 Å². The SMILES string of the molecule is CC1(C)CCCN1S(=O)(=O)c1cnn(CCO)c1. The highest BCUT2D eigenvalue weighted by molar-refractivity contribution is 7.89. The van der Waals surface area contributed by atoms with E-state index in [1.54, 1.807) is 4.31 Å². The molecule has 1 aliphatic heterocycles. The van der Waals surface area contributed by atoms with Gasteiger partial charge in [-0.15, -0.1) is 0 Å². The Labute approximate surface area is 107 Å². The molecule has 0 saturated carbocycles. The van der Waals surface area contributed by atoms with Crippen LogP contribution >= 0.6 is 0 Å². The smallest absolute Gasteiger partial charge is 0.246 e. The van der Waals surface area contributed by atoms with Gasteiger partial charge in [0.2, 0.25) is 10.0 Å². The fraction of sp³-hybridized carbons (Fsp3) is 0.727. The summed E-state index contributed by atoms with van der Waals surface area (Å²) in [6, 6.07) is 0. The Morgan fingerprint density at radius 3 is 2.78 bits per heavy atom. The lowest BCUT2D eigenvalue weighted by molar-refractivity contribution is 0.269. The molecular weight excluding hydrogens is 254 g/mol. The van der Waals surface area contributed by atoms with E-state index in [0.29, 0.717) is 13.1 Å². The summed E-state index contributed by atoms with van der Waals surface area (Å²) in [7, 11) is -3.48. The lowest BCUT2D eigenvalue weighted by Crippen LogP contribution is -2.42. The van der Waals surface area contributed by atoms with E-state index in [2.05, 4.69) is 5.10 Å². The third-order valence-corrected chi connectivity index (χ3v) is 5.42. The van der Waals surface area contributed by atoms with Gasteiger partial charge < -0.3 is 5.11 Å². The van der Waals surface area contributed by atoms with Crippen LogP contribution in [0.25, 0.3) is 0 Å². The molecule has 2 heterocycles. The zero-order chi connectivity index (χ0) is 13.4. The van der Waals surface area contributed by atoms with Crippen molar-refractivity contribution in [3.05, 3.63) is 12.4 Å². The van der Waals surface area contributed by atoms with Gasteiger partial charge in [-0.3, -0.25) is 4.68 Å². The summed E-state index contributed by atoms with van der Waals surface area (Å²) in [5, 5.41) is 12.7. The number of aromatic nitrogens is 2. The number of rotatable bonds is 4. The number of hydrogen-bond acceptors (Lipinski definition) is 4. The van der Waals surface area contributed by atoms with Gasteiger partial charge in [0.15, 0.2) is 0 Å².